The summed E-state index contributed by atoms with van der Waals surface area (Å²) in [5.74, 6) is -1.09. The molecule has 0 bridgehead atoms. The first-order chi connectivity index (χ1) is 9.88. The molecular formula is C14H17BrN2O4. The number of nitrogens with zero attached hydrogens (tertiary/aromatic N) is 2. The first kappa shape index (κ1) is 15.8. The molecule has 0 aliphatic carbocycles. The third-order valence-electron chi connectivity index (χ3n) is 3.45. The van der Waals surface area contributed by atoms with Gasteiger partial charge in [0, 0.05) is 31.0 Å². The van der Waals surface area contributed by atoms with Crippen LogP contribution in [0.3, 0.4) is 0 Å². The third kappa shape index (κ3) is 3.74. The fraction of sp³-hybridized carbons (Fsp3) is 0.429. The number of aliphatic carboxylic acids is 1. The van der Waals surface area contributed by atoms with Crippen LogP contribution in [0.2, 0.25) is 0 Å². The molecule has 1 aromatic rings. The second kappa shape index (κ2) is 6.44. The maximum atomic E-state index is 12.4. The number of carboxylic acids is 1. The molecule has 0 spiro atoms. The van der Waals surface area contributed by atoms with E-state index in [1.807, 2.05) is 24.3 Å². The molecule has 1 heterocycles. The maximum absolute atomic E-state index is 12.4. The molecule has 21 heavy (non-hydrogen) atoms. The zero-order valence-corrected chi connectivity index (χ0v) is 13.2. The van der Waals surface area contributed by atoms with Crippen LogP contribution in [0.25, 0.3) is 0 Å². The SMILES string of the molecule is CN(Cc1cccc(Br)c1)C(=O)N1C[C@H](O)C[C@@H]1C(=O)O. The van der Waals surface area contributed by atoms with Crippen molar-refractivity contribution in [1.82, 2.24) is 9.80 Å². The van der Waals surface area contributed by atoms with Crippen molar-refractivity contribution in [2.24, 2.45) is 0 Å². The smallest absolute Gasteiger partial charge is 0.326 e. The van der Waals surface area contributed by atoms with E-state index in [1.54, 1.807) is 7.05 Å². The number of aliphatic hydroxyl groups excluding tert-OH is 1. The summed E-state index contributed by atoms with van der Waals surface area (Å²) in [5, 5.41) is 18.7. The van der Waals surface area contributed by atoms with Crippen molar-refractivity contribution in [1.29, 1.82) is 0 Å². The Morgan fingerprint density at radius 1 is 1.48 bits per heavy atom. The number of urea groups is 1. The summed E-state index contributed by atoms with van der Waals surface area (Å²) in [5.41, 5.74) is 0.937. The van der Waals surface area contributed by atoms with Gasteiger partial charge in [-0.2, -0.15) is 0 Å². The van der Waals surface area contributed by atoms with Crippen LogP contribution in [0, 0.1) is 0 Å². The lowest BCUT2D eigenvalue weighted by Crippen LogP contribution is -2.46. The average Bonchev–Trinajstić information content (AvgIpc) is 2.80. The summed E-state index contributed by atoms with van der Waals surface area (Å²) in [6.07, 6.45) is -0.708. The molecule has 0 radical (unpaired) electrons. The summed E-state index contributed by atoms with van der Waals surface area (Å²) in [7, 11) is 1.62. The van der Waals surface area contributed by atoms with E-state index >= 15 is 0 Å². The number of β-amino-alcohol motifs (C(OH)–C–C–N with tert-alkyl or cyclic N) is 1. The van der Waals surface area contributed by atoms with E-state index in [2.05, 4.69) is 15.9 Å². The van der Waals surface area contributed by atoms with Crippen molar-refractivity contribution in [3.8, 4) is 0 Å². The topological polar surface area (TPSA) is 81.1 Å². The van der Waals surface area contributed by atoms with E-state index in [9.17, 15) is 14.7 Å². The van der Waals surface area contributed by atoms with Gasteiger partial charge in [-0.3, -0.25) is 0 Å². The summed E-state index contributed by atoms with van der Waals surface area (Å²) in [6.45, 7) is 0.426. The van der Waals surface area contributed by atoms with Gasteiger partial charge in [-0.15, -0.1) is 0 Å². The number of aliphatic hydroxyl groups is 1. The van der Waals surface area contributed by atoms with Crippen LogP contribution in [-0.2, 0) is 11.3 Å². The van der Waals surface area contributed by atoms with Crippen LogP contribution in [0.5, 0.6) is 0 Å². The lowest BCUT2D eigenvalue weighted by molar-refractivity contribution is -0.141. The normalized spacial score (nSPS) is 21.4. The fourth-order valence-electron chi connectivity index (χ4n) is 2.46. The second-order valence-electron chi connectivity index (χ2n) is 5.16. The Labute approximate surface area is 131 Å². The molecular weight excluding hydrogens is 340 g/mol. The first-order valence-electron chi connectivity index (χ1n) is 6.55. The molecule has 0 saturated carbocycles. The van der Waals surface area contributed by atoms with Gasteiger partial charge in [0.25, 0.3) is 0 Å². The van der Waals surface area contributed by atoms with Gasteiger partial charge in [-0.1, -0.05) is 28.1 Å². The number of hydrogen-bond acceptors (Lipinski definition) is 3. The van der Waals surface area contributed by atoms with Crippen molar-refractivity contribution in [3.05, 3.63) is 34.3 Å². The van der Waals surface area contributed by atoms with E-state index < -0.39 is 18.1 Å². The molecule has 6 nitrogen and oxygen atoms in total. The quantitative estimate of drug-likeness (QED) is 0.860. The average molecular weight is 357 g/mol. The summed E-state index contributed by atoms with van der Waals surface area (Å²) in [4.78, 5) is 26.2. The minimum atomic E-state index is -1.09. The molecule has 7 heteroatoms. The van der Waals surface area contributed by atoms with E-state index in [0.717, 1.165) is 10.0 Å². The highest BCUT2D eigenvalue weighted by Crippen LogP contribution is 2.21. The maximum Gasteiger partial charge on any atom is 0.326 e. The number of hydrogen-bond donors (Lipinski definition) is 2. The lowest BCUT2D eigenvalue weighted by atomic mass is 10.2. The number of rotatable bonds is 3. The Hall–Kier alpha value is -1.60. The highest BCUT2D eigenvalue weighted by molar-refractivity contribution is 9.10. The Bertz CT molecular complexity index is 552. The molecule has 2 N–H and O–H groups in total. The van der Waals surface area contributed by atoms with Gasteiger partial charge in [-0.25, -0.2) is 9.59 Å². The molecule has 1 aliphatic rings. The zero-order valence-electron chi connectivity index (χ0n) is 11.6. The Kier molecular flexibility index (Phi) is 4.84. The lowest BCUT2D eigenvalue weighted by Gasteiger charge is -2.27. The van der Waals surface area contributed by atoms with Gasteiger partial charge >= 0.3 is 12.0 Å². The highest BCUT2D eigenvalue weighted by atomic mass is 79.9. The monoisotopic (exact) mass is 356 g/mol. The number of carbonyl (C=O) groups is 2. The van der Waals surface area contributed by atoms with Crippen LogP contribution in [-0.4, -0.2) is 57.8 Å². The van der Waals surface area contributed by atoms with Crippen molar-refractivity contribution in [2.75, 3.05) is 13.6 Å². The number of likely N-dealkylation sites (tertiary alicyclic amines) is 1. The van der Waals surface area contributed by atoms with E-state index in [-0.39, 0.29) is 19.0 Å². The number of carbonyl (C=O) groups excluding carboxylic acids is 1. The Morgan fingerprint density at radius 2 is 2.19 bits per heavy atom. The van der Waals surface area contributed by atoms with Gasteiger partial charge in [0.05, 0.1) is 6.10 Å². The number of carboxylic acid groups (broad SMARTS) is 1. The third-order valence-corrected chi connectivity index (χ3v) is 3.94. The molecule has 1 aliphatic heterocycles. The van der Waals surface area contributed by atoms with Gasteiger partial charge in [-0.05, 0) is 17.7 Å². The first-order valence-corrected chi connectivity index (χ1v) is 7.35. The largest absolute Gasteiger partial charge is 0.480 e. The van der Waals surface area contributed by atoms with Crippen LogP contribution in [0.15, 0.2) is 28.7 Å². The molecule has 114 valence electrons. The summed E-state index contributed by atoms with van der Waals surface area (Å²) >= 11 is 3.37. The van der Waals surface area contributed by atoms with Crippen molar-refractivity contribution in [2.45, 2.75) is 25.1 Å². The van der Waals surface area contributed by atoms with Gasteiger partial charge < -0.3 is 20.0 Å². The van der Waals surface area contributed by atoms with Crippen LogP contribution < -0.4 is 0 Å². The van der Waals surface area contributed by atoms with Gasteiger partial charge in [0.2, 0.25) is 0 Å². The van der Waals surface area contributed by atoms with Crippen molar-refractivity contribution in [3.63, 3.8) is 0 Å². The molecule has 2 atom stereocenters. The molecule has 2 amide bonds. The molecule has 2 rings (SSSR count). The predicted molar refractivity (Wildman–Crippen MR) is 79.8 cm³/mol. The molecule has 0 unspecified atom stereocenters. The number of benzene rings is 1. The summed E-state index contributed by atoms with van der Waals surface area (Å²) < 4.78 is 0.917. The fourth-order valence-corrected chi connectivity index (χ4v) is 2.90. The highest BCUT2D eigenvalue weighted by Gasteiger charge is 2.39. The van der Waals surface area contributed by atoms with E-state index in [4.69, 9.17) is 5.11 Å². The van der Waals surface area contributed by atoms with Crippen molar-refractivity contribution >= 4 is 27.9 Å². The minimum Gasteiger partial charge on any atom is -0.480 e. The van der Waals surface area contributed by atoms with E-state index in [1.165, 1.54) is 9.80 Å². The predicted octanol–water partition coefficient (Wildman–Crippen LogP) is 1.52. The van der Waals surface area contributed by atoms with Crippen molar-refractivity contribution < 1.29 is 19.8 Å². The van der Waals surface area contributed by atoms with Crippen LogP contribution in [0.4, 0.5) is 4.79 Å². The van der Waals surface area contributed by atoms with Gasteiger partial charge in [0.15, 0.2) is 0 Å². The Morgan fingerprint density at radius 3 is 2.81 bits per heavy atom. The molecule has 0 aromatic heterocycles. The minimum absolute atomic E-state index is 0.0542. The van der Waals surface area contributed by atoms with Gasteiger partial charge in [0.1, 0.15) is 6.04 Å². The standard InChI is InChI=1S/C14H17BrN2O4/c1-16(7-9-3-2-4-10(15)5-9)14(21)17-8-11(18)6-12(17)13(19)20/h2-5,11-12,18H,6-8H2,1H3,(H,19,20)/t11-,12-/m1/s1. The number of amides is 2. The molecule has 1 fully saturated rings. The Balaban J connectivity index is 2.06. The number of halogens is 1. The van der Waals surface area contributed by atoms with E-state index in [0.29, 0.717) is 6.54 Å². The van der Waals surface area contributed by atoms with Crippen LogP contribution >= 0.6 is 15.9 Å². The second-order valence-corrected chi connectivity index (χ2v) is 6.08. The molecule has 1 aromatic carbocycles. The summed E-state index contributed by atoms with van der Waals surface area (Å²) in [6, 6.07) is 6.20. The zero-order chi connectivity index (χ0) is 15.6. The molecule has 1 saturated heterocycles. The van der Waals surface area contributed by atoms with Crippen LogP contribution in [0.1, 0.15) is 12.0 Å².